The van der Waals surface area contributed by atoms with Crippen LogP contribution in [-0.2, 0) is 0 Å². The molecular formula is C10H17N3O. The molecule has 78 valence electrons. The van der Waals surface area contributed by atoms with E-state index in [1.807, 2.05) is 6.92 Å². The molecule has 1 aromatic heterocycles. The summed E-state index contributed by atoms with van der Waals surface area (Å²) in [5, 5.41) is 2.90. The van der Waals surface area contributed by atoms with Gasteiger partial charge < -0.3 is 5.32 Å². The normalized spacial score (nSPS) is 12.4. The SMILES string of the molecule is CCCCC(C)NC(=O)n1ccnc1. The minimum atomic E-state index is -0.105. The van der Waals surface area contributed by atoms with Crippen molar-refractivity contribution in [2.45, 2.75) is 39.2 Å². The van der Waals surface area contributed by atoms with Crippen LogP contribution in [0.2, 0.25) is 0 Å². The number of imidazole rings is 1. The lowest BCUT2D eigenvalue weighted by Crippen LogP contribution is -2.35. The smallest absolute Gasteiger partial charge is 0.327 e. The quantitative estimate of drug-likeness (QED) is 0.799. The topological polar surface area (TPSA) is 46.9 Å². The number of carbonyl (C=O) groups excluding carboxylic acids is 1. The number of aromatic nitrogens is 2. The van der Waals surface area contributed by atoms with E-state index in [1.165, 1.54) is 10.9 Å². The van der Waals surface area contributed by atoms with E-state index in [-0.39, 0.29) is 12.1 Å². The largest absolute Gasteiger partial charge is 0.335 e. The average molecular weight is 195 g/mol. The van der Waals surface area contributed by atoms with E-state index >= 15 is 0 Å². The molecule has 0 aliphatic heterocycles. The van der Waals surface area contributed by atoms with Crippen molar-refractivity contribution in [3.63, 3.8) is 0 Å². The van der Waals surface area contributed by atoms with E-state index in [9.17, 15) is 4.79 Å². The van der Waals surface area contributed by atoms with E-state index in [0.717, 1.165) is 19.3 Å². The molecule has 1 heterocycles. The molecule has 1 unspecified atom stereocenters. The Morgan fingerprint density at radius 1 is 1.64 bits per heavy atom. The van der Waals surface area contributed by atoms with Crippen molar-refractivity contribution >= 4 is 6.03 Å². The van der Waals surface area contributed by atoms with Crippen molar-refractivity contribution in [1.82, 2.24) is 14.9 Å². The highest BCUT2D eigenvalue weighted by Crippen LogP contribution is 1.99. The summed E-state index contributed by atoms with van der Waals surface area (Å²) in [5.74, 6) is 0. The second-order valence-electron chi connectivity index (χ2n) is 3.46. The molecule has 1 amide bonds. The van der Waals surface area contributed by atoms with Gasteiger partial charge >= 0.3 is 6.03 Å². The second-order valence-corrected chi connectivity index (χ2v) is 3.46. The molecule has 4 heteroatoms. The third-order valence-corrected chi connectivity index (χ3v) is 2.10. The zero-order valence-electron chi connectivity index (χ0n) is 8.73. The van der Waals surface area contributed by atoms with Crippen LogP contribution in [0.3, 0.4) is 0 Å². The van der Waals surface area contributed by atoms with E-state index in [4.69, 9.17) is 0 Å². The maximum atomic E-state index is 11.5. The number of rotatable bonds is 4. The molecular weight excluding hydrogens is 178 g/mol. The molecule has 0 saturated carbocycles. The van der Waals surface area contributed by atoms with Gasteiger partial charge in [-0.1, -0.05) is 19.8 Å². The number of amides is 1. The third-order valence-electron chi connectivity index (χ3n) is 2.10. The van der Waals surface area contributed by atoms with Crippen LogP contribution in [0.5, 0.6) is 0 Å². The van der Waals surface area contributed by atoms with Crippen LogP contribution in [0.1, 0.15) is 33.1 Å². The van der Waals surface area contributed by atoms with Crippen molar-refractivity contribution in [1.29, 1.82) is 0 Å². The number of hydrogen-bond acceptors (Lipinski definition) is 2. The van der Waals surface area contributed by atoms with Crippen LogP contribution in [0.15, 0.2) is 18.7 Å². The highest BCUT2D eigenvalue weighted by molar-refractivity contribution is 5.76. The molecule has 0 saturated heterocycles. The molecule has 1 N–H and O–H groups in total. The molecule has 0 spiro atoms. The van der Waals surface area contributed by atoms with Crippen molar-refractivity contribution in [3.05, 3.63) is 18.7 Å². The molecule has 0 aliphatic rings. The minimum Gasteiger partial charge on any atom is -0.335 e. The number of nitrogens with zero attached hydrogens (tertiary/aromatic N) is 2. The summed E-state index contributed by atoms with van der Waals surface area (Å²) >= 11 is 0. The Bertz CT molecular complexity index is 269. The predicted octanol–water partition coefficient (Wildman–Crippen LogP) is 2.02. The van der Waals surface area contributed by atoms with Crippen molar-refractivity contribution in [2.24, 2.45) is 0 Å². The Morgan fingerprint density at radius 2 is 2.43 bits per heavy atom. The standard InChI is InChI=1S/C10H17N3O/c1-3-4-5-9(2)12-10(14)13-7-6-11-8-13/h6-9H,3-5H2,1-2H3,(H,12,14). The molecule has 1 rings (SSSR count). The molecule has 14 heavy (non-hydrogen) atoms. The summed E-state index contributed by atoms with van der Waals surface area (Å²) in [6.45, 7) is 4.16. The minimum absolute atomic E-state index is 0.105. The molecule has 0 bridgehead atoms. The van der Waals surface area contributed by atoms with Crippen molar-refractivity contribution in [3.8, 4) is 0 Å². The molecule has 0 fully saturated rings. The predicted molar refractivity (Wildman–Crippen MR) is 55.1 cm³/mol. The van der Waals surface area contributed by atoms with Gasteiger partial charge in [0.15, 0.2) is 0 Å². The van der Waals surface area contributed by atoms with Gasteiger partial charge in [0, 0.05) is 18.4 Å². The van der Waals surface area contributed by atoms with Crippen LogP contribution in [0, 0.1) is 0 Å². The van der Waals surface area contributed by atoms with Gasteiger partial charge in [-0.25, -0.2) is 9.78 Å². The molecule has 0 radical (unpaired) electrons. The highest BCUT2D eigenvalue weighted by atomic mass is 16.2. The van der Waals surface area contributed by atoms with E-state index in [0.29, 0.717) is 0 Å². The lowest BCUT2D eigenvalue weighted by atomic mass is 10.1. The first-order chi connectivity index (χ1) is 6.74. The third kappa shape index (κ3) is 3.20. The van der Waals surface area contributed by atoms with E-state index in [1.54, 1.807) is 12.4 Å². The lowest BCUT2D eigenvalue weighted by Gasteiger charge is -2.12. The monoisotopic (exact) mass is 195 g/mol. The van der Waals surface area contributed by atoms with Gasteiger partial charge in [-0.3, -0.25) is 4.57 Å². The molecule has 0 aliphatic carbocycles. The molecule has 4 nitrogen and oxygen atoms in total. The zero-order valence-corrected chi connectivity index (χ0v) is 8.73. The van der Waals surface area contributed by atoms with Crippen molar-refractivity contribution in [2.75, 3.05) is 0 Å². The first-order valence-electron chi connectivity index (χ1n) is 5.03. The molecule has 1 atom stereocenters. The first-order valence-corrected chi connectivity index (χ1v) is 5.03. The summed E-state index contributed by atoms with van der Waals surface area (Å²) < 4.78 is 1.45. The Kier molecular flexibility index (Phi) is 4.16. The highest BCUT2D eigenvalue weighted by Gasteiger charge is 2.07. The number of hydrogen-bond donors (Lipinski definition) is 1. The van der Waals surface area contributed by atoms with E-state index in [2.05, 4.69) is 17.2 Å². The van der Waals surface area contributed by atoms with Gasteiger partial charge in [0.2, 0.25) is 0 Å². The first kappa shape index (κ1) is 10.8. The zero-order chi connectivity index (χ0) is 10.4. The van der Waals surface area contributed by atoms with Crippen molar-refractivity contribution < 1.29 is 4.79 Å². The van der Waals surface area contributed by atoms with Gasteiger partial charge in [0.05, 0.1) is 0 Å². The average Bonchev–Trinajstić information content (AvgIpc) is 2.67. The molecule has 0 aromatic carbocycles. The van der Waals surface area contributed by atoms with Crippen LogP contribution in [0.4, 0.5) is 4.79 Å². The number of unbranched alkanes of at least 4 members (excludes halogenated alkanes) is 1. The van der Waals surface area contributed by atoms with Gasteiger partial charge in [0.1, 0.15) is 6.33 Å². The summed E-state index contributed by atoms with van der Waals surface area (Å²) in [6.07, 6.45) is 8.06. The fraction of sp³-hybridized carbons (Fsp3) is 0.600. The Balaban J connectivity index is 2.34. The summed E-state index contributed by atoms with van der Waals surface area (Å²) in [7, 11) is 0. The number of carbonyl (C=O) groups is 1. The van der Waals surface area contributed by atoms with Gasteiger partial charge in [-0.05, 0) is 13.3 Å². The Hall–Kier alpha value is -1.32. The van der Waals surface area contributed by atoms with E-state index < -0.39 is 0 Å². The summed E-state index contributed by atoms with van der Waals surface area (Å²) in [5.41, 5.74) is 0. The van der Waals surface area contributed by atoms with Crippen LogP contribution in [-0.4, -0.2) is 21.6 Å². The molecule has 1 aromatic rings. The fourth-order valence-corrected chi connectivity index (χ4v) is 1.25. The Morgan fingerprint density at radius 3 is 3.00 bits per heavy atom. The van der Waals surface area contributed by atoms with Gasteiger partial charge in [-0.15, -0.1) is 0 Å². The fourth-order valence-electron chi connectivity index (χ4n) is 1.25. The summed E-state index contributed by atoms with van der Waals surface area (Å²) in [4.78, 5) is 15.3. The summed E-state index contributed by atoms with van der Waals surface area (Å²) in [6, 6.07) is 0.121. The number of nitrogens with one attached hydrogen (secondary N) is 1. The van der Waals surface area contributed by atoms with Crippen LogP contribution < -0.4 is 5.32 Å². The lowest BCUT2D eigenvalue weighted by molar-refractivity contribution is 0.238. The second kappa shape index (κ2) is 5.42. The Labute approximate surface area is 84.3 Å². The maximum Gasteiger partial charge on any atom is 0.327 e. The van der Waals surface area contributed by atoms with Crippen LogP contribution >= 0.6 is 0 Å². The van der Waals surface area contributed by atoms with Gasteiger partial charge in [-0.2, -0.15) is 0 Å². The van der Waals surface area contributed by atoms with Crippen LogP contribution in [0.25, 0.3) is 0 Å². The maximum absolute atomic E-state index is 11.5. The van der Waals surface area contributed by atoms with Gasteiger partial charge in [0.25, 0.3) is 0 Å².